The third kappa shape index (κ3) is 7.81. The first-order valence-electron chi connectivity index (χ1n) is 10.4. The van der Waals surface area contributed by atoms with Gasteiger partial charge in [0.05, 0.1) is 0 Å². The van der Waals surface area contributed by atoms with Crippen LogP contribution < -0.4 is 10.2 Å². The Morgan fingerprint density at radius 2 is 1.68 bits per heavy atom. The van der Waals surface area contributed by atoms with Gasteiger partial charge in [-0.2, -0.15) is 0 Å². The Balaban J connectivity index is 0.000000450. The van der Waals surface area contributed by atoms with Crippen LogP contribution in [-0.4, -0.2) is 26.7 Å². The molecule has 1 aliphatic heterocycles. The average molecular weight is 347 g/mol. The fraction of sp³-hybridized carbons (Fsp3) is 0.739. The van der Waals surface area contributed by atoms with Crippen LogP contribution in [0.1, 0.15) is 71.8 Å². The van der Waals surface area contributed by atoms with Gasteiger partial charge in [0, 0.05) is 18.8 Å². The number of rotatable bonds is 7. The van der Waals surface area contributed by atoms with Crippen LogP contribution in [0, 0.1) is 18.3 Å². The second-order valence-corrected chi connectivity index (χ2v) is 8.23. The van der Waals surface area contributed by atoms with Gasteiger partial charge in [-0.25, -0.2) is 0 Å². The van der Waals surface area contributed by atoms with Crippen molar-refractivity contribution in [1.82, 2.24) is 5.32 Å². The third-order valence-electron chi connectivity index (χ3n) is 5.65. The van der Waals surface area contributed by atoms with Gasteiger partial charge < -0.3 is 10.2 Å². The minimum atomic E-state index is 0.636. The van der Waals surface area contributed by atoms with E-state index in [1.54, 1.807) is 0 Å². The van der Waals surface area contributed by atoms with Gasteiger partial charge in [0.25, 0.3) is 0 Å². The van der Waals surface area contributed by atoms with Gasteiger partial charge in [-0.3, -0.25) is 0 Å². The lowest BCUT2D eigenvalue weighted by molar-refractivity contribution is 0.185. The molecule has 25 heavy (non-hydrogen) atoms. The van der Waals surface area contributed by atoms with Crippen LogP contribution in [0.3, 0.4) is 0 Å². The number of aryl methyl sites for hydroxylation is 1. The van der Waals surface area contributed by atoms with Crippen molar-refractivity contribution in [1.29, 1.82) is 0 Å². The lowest BCUT2D eigenvalue weighted by Crippen LogP contribution is -2.39. The van der Waals surface area contributed by atoms with Crippen molar-refractivity contribution < 1.29 is 0 Å². The Hall–Kier alpha value is -1.02. The topological polar surface area (TPSA) is 15.3 Å². The van der Waals surface area contributed by atoms with E-state index in [-0.39, 0.29) is 0 Å². The summed E-state index contributed by atoms with van der Waals surface area (Å²) in [6, 6.07) is 9.02. The van der Waals surface area contributed by atoms with Crippen molar-refractivity contribution in [3.8, 4) is 0 Å². The molecule has 1 aromatic carbocycles. The summed E-state index contributed by atoms with van der Waals surface area (Å²) in [5, 5.41) is 3.07. The molecule has 0 aliphatic carbocycles. The molecule has 1 fully saturated rings. The van der Waals surface area contributed by atoms with Gasteiger partial charge in [0.1, 0.15) is 0 Å². The molecule has 1 N–H and O–H groups in total. The molecule has 0 aromatic heterocycles. The van der Waals surface area contributed by atoms with Crippen LogP contribution in [0.5, 0.6) is 0 Å². The third-order valence-corrected chi connectivity index (χ3v) is 5.65. The summed E-state index contributed by atoms with van der Waals surface area (Å²) >= 11 is 0. The first-order chi connectivity index (χ1) is 12.0. The van der Waals surface area contributed by atoms with Gasteiger partial charge in [-0.05, 0) is 63.2 Å². The second-order valence-electron chi connectivity index (χ2n) is 8.23. The normalized spacial score (nSPS) is 16.5. The Kier molecular flexibility index (Phi) is 10.2. The molecule has 0 unspecified atom stereocenters. The number of anilines is 1. The highest BCUT2D eigenvalue weighted by Gasteiger charge is 2.32. The summed E-state index contributed by atoms with van der Waals surface area (Å²) in [5.74, 6) is 0.787. The van der Waals surface area contributed by atoms with Crippen LogP contribution in [0.25, 0.3) is 0 Å². The van der Waals surface area contributed by atoms with Crippen LogP contribution >= 0.6 is 0 Å². The highest BCUT2D eigenvalue weighted by Crippen LogP contribution is 2.40. The molecule has 0 spiro atoms. The predicted molar refractivity (Wildman–Crippen MR) is 114 cm³/mol. The van der Waals surface area contributed by atoms with Gasteiger partial charge in [0.2, 0.25) is 0 Å². The smallest absolute Gasteiger partial charge is 0.0366 e. The maximum absolute atomic E-state index is 3.07. The maximum Gasteiger partial charge on any atom is 0.0366 e. The SMILES string of the molecule is CCCCC1(CC)CCN(c2ccc(C)cc2)CC1.CNCC(C)C. The largest absolute Gasteiger partial charge is 0.371 e. The van der Waals surface area contributed by atoms with E-state index >= 15 is 0 Å². The van der Waals surface area contributed by atoms with E-state index in [1.807, 2.05) is 7.05 Å². The molecule has 1 aliphatic rings. The number of piperidine rings is 1. The second kappa shape index (κ2) is 11.6. The molecule has 1 heterocycles. The van der Waals surface area contributed by atoms with E-state index in [1.165, 1.54) is 62.9 Å². The van der Waals surface area contributed by atoms with Crippen molar-refractivity contribution in [3.63, 3.8) is 0 Å². The van der Waals surface area contributed by atoms with Crippen molar-refractivity contribution in [2.45, 2.75) is 73.1 Å². The van der Waals surface area contributed by atoms with Crippen molar-refractivity contribution in [2.24, 2.45) is 11.3 Å². The number of nitrogens with one attached hydrogen (secondary N) is 1. The van der Waals surface area contributed by atoms with Crippen LogP contribution in [0.15, 0.2) is 24.3 Å². The molecule has 0 atom stereocenters. The van der Waals surface area contributed by atoms with Gasteiger partial charge in [-0.15, -0.1) is 0 Å². The van der Waals surface area contributed by atoms with Crippen LogP contribution in [0.2, 0.25) is 0 Å². The molecule has 0 saturated carbocycles. The molecule has 0 bridgehead atoms. The van der Waals surface area contributed by atoms with E-state index in [2.05, 4.69) is 69.1 Å². The first-order valence-corrected chi connectivity index (χ1v) is 10.4. The lowest BCUT2D eigenvalue weighted by Gasteiger charge is -2.42. The van der Waals surface area contributed by atoms with E-state index < -0.39 is 0 Å². The van der Waals surface area contributed by atoms with Gasteiger partial charge in [-0.1, -0.05) is 64.7 Å². The van der Waals surface area contributed by atoms with Crippen molar-refractivity contribution >= 4 is 5.69 Å². The highest BCUT2D eigenvalue weighted by atomic mass is 15.1. The zero-order valence-corrected chi connectivity index (χ0v) is 17.7. The molecular weight excluding hydrogens is 304 g/mol. The summed E-state index contributed by atoms with van der Waals surface area (Å²) in [6.07, 6.45) is 8.27. The minimum Gasteiger partial charge on any atom is -0.371 e. The summed E-state index contributed by atoms with van der Waals surface area (Å²) in [6.45, 7) is 14.8. The molecule has 2 nitrogen and oxygen atoms in total. The fourth-order valence-electron chi connectivity index (χ4n) is 3.74. The quantitative estimate of drug-likeness (QED) is 0.647. The summed E-state index contributed by atoms with van der Waals surface area (Å²) < 4.78 is 0. The van der Waals surface area contributed by atoms with E-state index in [4.69, 9.17) is 0 Å². The van der Waals surface area contributed by atoms with E-state index in [9.17, 15) is 0 Å². The average Bonchev–Trinajstić information content (AvgIpc) is 2.62. The lowest BCUT2D eigenvalue weighted by atomic mass is 9.72. The molecule has 144 valence electrons. The zero-order chi connectivity index (χ0) is 18.7. The molecule has 0 amide bonds. The van der Waals surface area contributed by atoms with Crippen LogP contribution in [0.4, 0.5) is 5.69 Å². The standard InChI is InChI=1S/C18H29N.C5H13N/c1-4-6-11-18(5-2)12-14-19(15-13-18)17-9-7-16(3)8-10-17;1-5(2)4-6-3/h7-10H,4-6,11-15H2,1-3H3;5-6H,4H2,1-3H3. The zero-order valence-electron chi connectivity index (χ0n) is 17.7. The molecule has 1 saturated heterocycles. The maximum atomic E-state index is 3.07. The first kappa shape index (κ1) is 22.0. The Labute approximate surface area is 157 Å². The molecule has 1 aromatic rings. The Bertz CT molecular complexity index is 442. The van der Waals surface area contributed by atoms with Crippen LogP contribution in [-0.2, 0) is 0 Å². The predicted octanol–water partition coefficient (Wildman–Crippen LogP) is 6.04. The minimum absolute atomic E-state index is 0.636. The van der Waals surface area contributed by atoms with Crippen molar-refractivity contribution in [2.75, 3.05) is 31.6 Å². The summed E-state index contributed by atoms with van der Waals surface area (Å²) in [7, 11) is 1.97. The molecule has 2 rings (SSSR count). The van der Waals surface area contributed by atoms with Gasteiger partial charge >= 0.3 is 0 Å². The summed E-state index contributed by atoms with van der Waals surface area (Å²) in [4.78, 5) is 2.57. The number of hydrogen-bond acceptors (Lipinski definition) is 2. The summed E-state index contributed by atoms with van der Waals surface area (Å²) in [5.41, 5.74) is 3.40. The number of hydrogen-bond donors (Lipinski definition) is 1. The Morgan fingerprint density at radius 3 is 2.08 bits per heavy atom. The van der Waals surface area contributed by atoms with Gasteiger partial charge in [0.15, 0.2) is 0 Å². The molecule has 2 heteroatoms. The molecular formula is C23H42N2. The number of unbranched alkanes of at least 4 members (excludes halogenated alkanes) is 1. The monoisotopic (exact) mass is 346 g/mol. The fourth-order valence-corrected chi connectivity index (χ4v) is 3.74. The Morgan fingerprint density at radius 1 is 1.08 bits per heavy atom. The van der Waals surface area contributed by atoms with E-state index in [0.717, 1.165) is 12.5 Å². The number of nitrogens with zero attached hydrogens (tertiary/aromatic N) is 1. The molecule has 0 radical (unpaired) electrons. The van der Waals surface area contributed by atoms with E-state index in [0.29, 0.717) is 5.41 Å². The highest BCUT2D eigenvalue weighted by molar-refractivity contribution is 5.47. The number of benzene rings is 1. The van der Waals surface area contributed by atoms with Crippen molar-refractivity contribution in [3.05, 3.63) is 29.8 Å².